The number of halogens is 1. The summed E-state index contributed by atoms with van der Waals surface area (Å²) in [5, 5.41) is 1.12. The zero-order valence-corrected chi connectivity index (χ0v) is 13.8. The quantitative estimate of drug-likeness (QED) is 0.625. The van der Waals surface area contributed by atoms with Gasteiger partial charge in [0, 0.05) is 12.1 Å². The smallest absolute Gasteiger partial charge is 0.316 e. The lowest BCUT2D eigenvalue weighted by Crippen LogP contribution is -2.26. The number of rotatable bonds is 4. The molecule has 1 amide bonds. The number of aliphatic imine (C=N–C) groups is 1. The molecule has 0 bridgehead atoms. The summed E-state index contributed by atoms with van der Waals surface area (Å²) in [6.45, 7) is 2.08. The van der Waals surface area contributed by atoms with Gasteiger partial charge in [-0.1, -0.05) is 35.5 Å². The van der Waals surface area contributed by atoms with Crippen molar-refractivity contribution in [3.05, 3.63) is 40.5 Å². The molecule has 2 rings (SSSR count). The summed E-state index contributed by atoms with van der Waals surface area (Å²) in [4.78, 5) is 29.2. The predicted octanol–water partition coefficient (Wildman–Crippen LogP) is 2.81. The number of amidine groups is 1. The Labute approximate surface area is 138 Å². The third-order valence-electron chi connectivity index (χ3n) is 2.82. The minimum Gasteiger partial charge on any atom is -0.465 e. The zero-order chi connectivity index (χ0) is 16.1. The van der Waals surface area contributed by atoms with E-state index in [-0.39, 0.29) is 17.6 Å². The number of carbonyl (C=O) groups excluding carboxylic acids is 2. The Balaban J connectivity index is 2.11. The van der Waals surface area contributed by atoms with E-state index >= 15 is 0 Å². The second kappa shape index (κ2) is 7.47. The van der Waals surface area contributed by atoms with Gasteiger partial charge in [0.15, 0.2) is 5.17 Å². The van der Waals surface area contributed by atoms with E-state index in [1.165, 1.54) is 16.7 Å². The molecule has 1 aromatic rings. The first-order valence-electron chi connectivity index (χ1n) is 6.63. The molecule has 0 aliphatic carbocycles. The molecule has 5 nitrogen and oxygen atoms in total. The van der Waals surface area contributed by atoms with Crippen LogP contribution in [0, 0.1) is 0 Å². The highest BCUT2D eigenvalue weighted by molar-refractivity contribution is 8.14. The number of hydrogen-bond donors (Lipinski definition) is 0. The first-order chi connectivity index (χ1) is 10.5. The molecule has 0 saturated carbocycles. The first-order valence-corrected chi connectivity index (χ1v) is 8.00. The Morgan fingerprint density at radius 3 is 2.73 bits per heavy atom. The van der Waals surface area contributed by atoms with E-state index in [0.29, 0.717) is 22.5 Å². The Morgan fingerprint density at radius 2 is 2.09 bits per heavy atom. The van der Waals surface area contributed by atoms with Gasteiger partial charge in [0.05, 0.1) is 12.4 Å². The number of nitrogens with zero attached hydrogens (tertiary/aromatic N) is 2. The second-order valence-electron chi connectivity index (χ2n) is 4.43. The number of amides is 1. The molecular weight excluding hydrogens is 324 g/mol. The number of thioether (sulfide) groups is 1. The molecule has 1 aromatic carbocycles. The van der Waals surface area contributed by atoms with Crippen LogP contribution in [0.25, 0.3) is 6.08 Å². The summed E-state index contributed by atoms with van der Waals surface area (Å²) in [7, 11) is 1.63. The zero-order valence-electron chi connectivity index (χ0n) is 12.2. The van der Waals surface area contributed by atoms with Crippen molar-refractivity contribution < 1.29 is 14.3 Å². The van der Waals surface area contributed by atoms with Gasteiger partial charge in [-0.05, 0) is 30.7 Å². The van der Waals surface area contributed by atoms with Crippen molar-refractivity contribution in [2.24, 2.45) is 4.99 Å². The van der Waals surface area contributed by atoms with Crippen LogP contribution < -0.4 is 0 Å². The maximum atomic E-state index is 12.1. The van der Waals surface area contributed by atoms with Crippen molar-refractivity contribution in [1.82, 2.24) is 4.90 Å². The topological polar surface area (TPSA) is 59.0 Å². The molecule has 0 aromatic heterocycles. The fourth-order valence-corrected chi connectivity index (χ4v) is 2.65. The molecule has 22 heavy (non-hydrogen) atoms. The summed E-state index contributed by atoms with van der Waals surface area (Å²) in [6, 6.07) is 7.11. The summed E-state index contributed by atoms with van der Waals surface area (Å²) in [6.07, 6.45) is 1.69. The Hall–Kier alpha value is -1.79. The molecule has 116 valence electrons. The van der Waals surface area contributed by atoms with Crippen LogP contribution in [0.15, 0.2) is 35.0 Å². The van der Waals surface area contributed by atoms with Crippen molar-refractivity contribution in [1.29, 1.82) is 0 Å². The van der Waals surface area contributed by atoms with E-state index in [9.17, 15) is 9.59 Å². The Kier molecular flexibility index (Phi) is 5.63. The van der Waals surface area contributed by atoms with Gasteiger partial charge < -0.3 is 4.74 Å². The Morgan fingerprint density at radius 1 is 1.41 bits per heavy atom. The first kappa shape index (κ1) is 16.6. The van der Waals surface area contributed by atoms with Gasteiger partial charge in [0.2, 0.25) is 0 Å². The fourth-order valence-electron chi connectivity index (χ4n) is 1.75. The molecule has 1 aliphatic heterocycles. The van der Waals surface area contributed by atoms with Crippen LogP contribution in [0.3, 0.4) is 0 Å². The van der Waals surface area contributed by atoms with Gasteiger partial charge in [0.25, 0.3) is 5.91 Å². The van der Waals surface area contributed by atoms with E-state index in [1.54, 1.807) is 32.2 Å². The molecular formula is C15H15ClN2O3S. The highest BCUT2D eigenvalue weighted by atomic mass is 35.5. The normalized spacial score (nSPS) is 16.1. The maximum absolute atomic E-state index is 12.1. The van der Waals surface area contributed by atoms with Gasteiger partial charge in [-0.3, -0.25) is 14.5 Å². The molecule has 0 atom stereocenters. The predicted molar refractivity (Wildman–Crippen MR) is 88.7 cm³/mol. The molecule has 0 unspecified atom stereocenters. The number of carbonyl (C=O) groups is 2. The number of hydrogen-bond acceptors (Lipinski definition) is 5. The maximum Gasteiger partial charge on any atom is 0.316 e. The summed E-state index contributed by atoms with van der Waals surface area (Å²) in [5.41, 5.74) is 1.16. The second-order valence-corrected chi connectivity index (χ2v) is 5.81. The van der Waals surface area contributed by atoms with Crippen molar-refractivity contribution in [3.8, 4) is 0 Å². The van der Waals surface area contributed by atoms with E-state index in [2.05, 4.69) is 4.99 Å². The number of esters is 1. The van der Waals surface area contributed by atoms with Gasteiger partial charge >= 0.3 is 5.97 Å². The van der Waals surface area contributed by atoms with Crippen LogP contribution in [0.1, 0.15) is 12.5 Å². The van der Waals surface area contributed by atoms with E-state index in [1.807, 2.05) is 12.1 Å². The number of benzene rings is 1. The van der Waals surface area contributed by atoms with Gasteiger partial charge in [0.1, 0.15) is 5.70 Å². The lowest BCUT2D eigenvalue weighted by Gasteiger charge is -2.10. The molecule has 0 N–H and O–H groups in total. The molecule has 0 saturated heterocycles. The highest BCUT2D eigenvalue weighted by Crippen LogP contribution is 2.23. The fraction of sp³-hybridized carbons (Fsp3) is 0.267. The van der Waals surface area contributed by atoms with Crippen LogP contribution in [0.4, 0.5) is 0 Å². The molecule has 0 radical (unpaired) electrons. The minimum absolute atomic E-state index is 0.124. The monoisotopic (exact) mass is 338 g/mol. The minimum atomic E-state index is -0.328. The summed E-state index contributed by atoms with van der Waals surface area (Å²) < 4.78 is 4.85. The lowest BCUT2D eigenvalue weighted by atomic mass is 10.2. The van der Waals surface area contributed by atoms with Gasteiger partial charge in [-0.15, -0.1) is 0 Å². The van der Waals surface area contributed by atoms with Crippen molar-refractivity contribution in [2.75, 3.05) is 19.4 Å². The standard InChI is InChI=1S/C15H15ClN2O3S/c1-3-21-13(19)9-22-15-17-12(14(20)18(15)2)8-10-4-6-11(16)7-5-10/h4-8H,3,9H2,1-2H3. The van der Waals surface area contributed by atoms with Gasteiger partial charge in [-0.2, -0.15) is 0 Å². The third kappa shape index (κ3) is 4.11. The van der Waals surface area contributed by atoms with Crippen LogP contribution in [-0.4, -0.2) is 41.4 Å². The summed E-state index contributed by atoms with van der Waals surface area (Å²) >= 11 is 7.01. The van der Waals surface area contributed by atoms with Crippen molar-refractivity contribution >= 4 is 46.5 Å². The van der Waals surface area contributed by atoms with Crippen molar-refractivity contribution in [2.45, 2.75) is 6.92 Å². The summed E-state index contributed by atoms with van der Waals surface area (Å²) in [5.74, 6) is -0.411. The van der Waals surface area contributed by atoms with Crippen LogP contribution >= 0.6 is 23.4 Å². The van der Waals surface area contributed by atoms with Crippen molar-refractivity contribution in [3.63, 3.8) is 0 Å². The van der Waals surface area contributed by atoms with Crippen LogP contribution in [0.2, 0.25) is 5.02 Å². The highest BCUT2D eigenvalue weighted by Gasteiger charge is 2.27. The molecule has 7 heteroatoms. The van der Waals surface area contributed by atoms with Gasteiger partial charge in [-0.25, -0.2) is 4.99 Å². The molecule has 1 heterocycles. The van der Waals surface area contributed by atoms with Crippen LogP contribution in [0.5, 0.6) is 0 Å². The number of ether oxygens (including phenoxy) is 1. The molecule has 0 spiro atoms. The Bertz CT molecular complexity index is 641. The third-order valence-corrected chi connectivity index (χ3v) is 4.08. The van der Waals surface area contributed by atoms with E-state index < -0.39 is 0 Å². The SMILES string of the molecule is CCOC(=O)CSC1=NC(=Cc2ccc(Cl)cc2)C(=O)N1C. The van der Waals surface area contributed by atoms with E-state index in [4.69, 9.17) is 16.3 Å². The largest absolute Gasteiger partial charge is 0.465 e. The van der Waals surface area contributed by atoms with E-state index in [0.717, 1.165) is 5.56 Å². The average Bonchev–Trinajstić information content (AvgIpc) is 2.76. The lowest BCUT2D eigenvalue weighted by molar-refractivity contribution is -0.139. The molecule has 1 aliphatic rings. The van der Waals surface area contributed by atoms with Crippen LogP contribution in [-0.2, 0) is 14.3 Å². The average molecular weight is 339 g/mol. The molecule has 0 fully saturated rings. The number of likely N-dealkylation sites (N-methyl/N-ethyl adjacent to an activating group) is 1.